The van der Waals surface area contributed by atoms with Crippen LogP contribution in [0, 0.1) is 0 Å². The SMILES string of the molecule is CC(=O)c1cc2ccc3c(c2oc1=O)CN(Cc1ccc(Cl)c(Cl)c1)CO3. The number of fused-ring (bicyclic) bond motifs is 3. The van der Waals surface area contributed by atoms with Gasteiger partial charge in [-0.3, -0.25) is 9.69 Å². The summed E-state index contributed by atoms with van der Waals surface area (Å²) >= 11 is 12.1. The Hall–Kier alpha value is -2.34. The molecule has 0 saturated heterocycles. The third-order valence-corrected chi connectivity index (χ3v) is 5.26. The van der Waals surface area contributed by atoms with Crippen molar-refractivity contribution in [1.29, 1.82) is 0 Å². The molecule has 0 fully saturated rings. The lowest BCUT2D eigenvalue weighted by atomic mass is 10.1. The second-order valence-corrected chi connectivity index (χ2v) is 7.29. The van der Waals surface area contributed by atoms with Crippen molar-refractivity contribution in [2.75, 3.05) is 6.73 Å². The van der Waals surface area contributed by atoms with Gasteiger partial charge >= 0.3 is 5.63 Å². The van der Waals surface area contributed by atoms with E-state index in [1.54, 1.807) is 18.2 Å². The van der Waals surface area contributed by atoms with Gasteiger partial charge in [-0.15, -0.1) is 0 Å². The Labute approximate surface area is 165 Å². The molecule has 7 heteroatoms. The molecule has 0 N–H and O–H groups in total. The van der Waals surface area contributed by atoms with Gasteiger partial charge in [-0.1, -0.05) is 29.3 Å². The Morgan fingerprint density at radius 3 is 2.70 bits per heavy atom. The number of carbonyl (C=O) groups is 1. The van der Waals surface area contributed by atoms with Gasteiger partial charge in [-0.05, 0) is 42.8 Å². The van der Waals surface area contributed by atoms with Gasteiger partial charge in [-0.2, -0.15) is 0 Å². The molecule has 2 heterocycles. The molecule has 0 unspecified atom stereocenters. The molecule has 0 spiro atoms. The van der Waals surface area contributed by atoms with Crippen LogP contribution in [0.25, 0.3) is 11.0 Å². The van der Waals surface area contributed by atoms with E-state index in [1.807, 2.05) is 18.2 Å². The molecule has 5 nitrogen and oxygen atoms in total. The number of ketones is 1. The van der Waals surface area contributed by atoms with Gasteiger partial charge in [0.05, 0.1) is 15.6 Å². The van der Waals surface area contributed by atoms with Gasteiger partial charge in [0.1, 0.15) is 23.6 Å². The lowest BCUT2D eigenvalue weighted by Gasteiger charge is -2.29. The monoisotopic (exact) mass is 403 g/mol. The molecule has 1 aromatic heterocycles. The molecular formula is C20H15Cl2NO4. The first-order valence-electron chi connectivity index (χ1n) is 8.32. The van der Waals surface area contributed by atoms with Crippen molar-refractivity contribution in [3.05, 3.63) is 73.6 Å². The van der Waals surface area contributed by atoms with Crippen LogP contribution >= 0.6 is 23.2 Å². The summed E-state index contributed by atoms with van der Waals surface area (Å²) in [6.07, 6.45) is 0. The van der Waals surface area contributed by atoms with E-state index in [2.05, 4.69) is 4.90 Å². The third kappa shape index (κ3) is 3.46. The van der Waals surface area contributed by atoms with Crippen molar-refractivity contribution >= 4 is 40.0 Å². The molecule has 1 aliphatic rings. The third-order valence-electron chi connectivity index (χ3n) is 4.52. The first kappa shape index (κ1) is 18.0. The average molecular weight is 404 g/mol. The molecule has 0 atom stereocenters. The van der Waals surface area contributed by atoms with Gasteiger partial charge in [0.15, 0.2) is 5.78 Å². The largest absolute Gasteiger partial charge is 0.478 e. The molecule has 0 radical (unpaired) electrons. The summed E-state index contributed by atoms with van der Waals surface area (Å²) in [5, 5.41) is 1.70. The van der Waals surface area contributed by atoms with Crippen LogP contribution in [0.5, 0.6) is 5.75 Å². The Morgan fingerprint density at radius 1 is 1.15 bits per heavy atom. The Kier molecular flexibility index (Phi) is 4.68. The molecule has 0 amide bonds. The number of ether oxygens (including phenoxy) is 1. The molecular weight excluding hydrogens is 389 g/mol. The zero-order valence-corrected chi connectivity index (χ0v) is 15.9. The van der Waals surface area contributed by atoms with Crippen molar-refractivity contribution in [2.45, 2.75) is 20.0 Å². The summed E-state index contributed by atoms with van der Waals surface area (Å²) in [5.74, 6) is 0.354. The summed E-state index contributed by atoms with van der Waals surface area (Å²) in [7, 11) is 0. The van der Waals surface area contributed by atoms with Crippen LogP contribution in [0.4, 0.5) is 0 Å². The van der Waals surface area contributed by atoms with Crippen LogP contribution in [0.15, 0.2) is 45.6 Å². The number of carbonyl (C=O) groups excluding carboxylic acids is 1. The summed E-state index contributed by atoms with van der Waals surface area (Å²) in [5.41, 5.74) is 1.64. The van der Waals surface area contributed by atoms with E-state index in [0.29, 0.717) is 46.6 Å². The second-order valence-electron chi connectivity index (χ2n) is 6.47. The minimum atomic E-state index is -0.634. The van der Waals surface area contributed by atoms with E-state index in [-0.39, 0.29) is 11.3 Å². The predicted octanol–water partition coefficient (Wildman–Crippen LogP) is 4.65. The van der Waals surface area contributed by atoms with Crippen LogP contribution in [-0.2, 0) is 13.1 Å². The summed E-state index contributed by atoms with van der Waals surface area (Å²) < 4.78 is 11.3. The van der Waals surface area contributed by atoms with E-state index in [9.17, 15) is 9.59 Å². The minimum absolute atomic E-state index is 0.0480. The number of nitrogens with zero attached hydrogens (tertiary/aromatic N) is 1. The molecule has 27 heavy (non-hydrogen) atoms. The minimum Gasteiger partial charge on any atom is -0.478 e. The number of Topliss-reactive ketones (excluding diaryl/α,β-unsaturated/α-hetero) is 1. The predicted molar refractivity (Wildman–Crippen MR) is 104 cm³/mol. The highest BCUT2D eigenvalue weighted by molar-refractivity contribution is 6.42. The highest BCUT2D eigenvalue weighted by atomic mass is 35.5. The normalized spacial score (nSPS) is 14.0. The highest BCUT2D eigenvalue weighted by Gasteiger charge is 2.22. The van der Waals surface area contributed by atoms with E-state index < -0.39 is 5.63 Å². The van der Waals surface area contributed by atoms with Crippen LogP contribution in [0.1, 0.15) is 28.4 Å². The first-order chi connectivity index (χ1) is 12.9. The van der Waals surface area contributed by atoms with Crippen molar-refractivity contribution in [3.63, 3.8) is 0 Å². The lowest BCUT2D eigenvalue weighted by Crippen LogP contribution is -2.31. The highest BCUT2D eigenvalue weighted by Crippen LogP contribution is 2.33. The molecule has 3 aromatic rings. The Balaban J connectivity index is 1.69. The maximum atomic E-state index is 12.1. The van der Waals surface area contributed by atoms with Crippen LogP contribution in [-0.4, -0.2) is 17.4 Å². The van der Waals surface area contributed by atoms with E-state index in [4.69, 9.17) is 32.4 Å². The van der Waals surface area contributed by atoms with Crippen molar-refractivity contribution in [3.8, 4) is 5.75 Å². The Bertz CT molecular complexity index is 1120. The number of benzene rings is 2. The maximum absolute atomic E-state index is 12.1. The van der Waals surface area contributed by atoms with Crippen molar-refractivity contribution in [1.82, 2.24) is 4.90 Å². The molecule has 138 valence electrons. The first-order valence-corrected chi connectivity index (χ1v) is 9.08. The number of hydrogen-bond acceptors (Lipinski definition) is 5. The topological polar surface area (TPSA) is 59.8 Å². The fourth-order valence-electron chi connectivity index (χ4n) is 3.18. The van der Waals surface area contributed by atoms with Crippen LogP contribution in [0.2, 0.25) is 10.0 Å². The van der Waals surface area contributed by atoms with E-state index in [1.165, 1.54) is 6.92 Å². The molecule has 4 rings (SSSR count). The van der Waals surface area contributed by atoms with Crippen molar-refractivity contribution in [2.24, 2.45) is 0 Å². The van der Waals surface area contributed by atoms with Gasteiger partial charge in [-0.25, -0.2) is 4.79 Å². The standard InChI is InChI=1S/C20H15Cl2NO4/c1-11(24)14-7-13-3-5-18-15(19(13)27-20(14)25)9-23(10-26-18)8-12-2-4-16(21)17(22)6-12/h2-7H,8-10H2,1H3. The summed E-state index contributed by atoms with van der Waals surface area (Å²) in [6.45, 7) is 2.88. The van der Waals surface area contributed by atoms with E-state index >= 15 is 0 Å². The molecule has 0 saturated carbocycles. The zero-order chi connectivity index (χ0) is 19.1. The lowest BCUT2D eigenvalue weighted by molar-refractivity contribution is 0.0889. The van der Waals surface area contributed by atoms with Crippen LogP contribution in [0.3, 0.4) is 0 Å². The zero-order valence-electron chi connectivity index (χ0n) is 14.4. The van der Waals surface area contributed by atoms with E-state index in [0.717, 1.165) is 11.1 Å². The van der Waals surface area contributed by atoms with Gasteiger partial charge in [0.2, 0.25) is 0 Å². The van der Waals surface area contributed by atoms with Gasteiger partial charge < -0.3 is 9.15 Å². The quantitative estimate of drug-likeness (QED) is 0.470. The fourth-order valence-corrected chi connectivity index (χ4v) is 3.50. The number of rotatable bonds is 3. The summed E-state index contributed by atoms with van der Waals surface area (Å²) in [4.78, 5) is 25.8. The number of hydrogen-bond donors (Lipinski definition) is 0. The average Bonchev–Trinajstić information content (AvgIpc) is 2.64. The smallest absolute Gasteiger partial charge is 0.347 e. The second kappa shape index (κ2) is 7.00. The molecule has 1 aliphatic heterocycles. The Morgan fingerprint density at radius 2 is 1.96 bits per heavy atom. The summed E-state index contributed by atoms with van der Waals surface area (Å²) in [6, 6.07) is 10.7. The van der Waals surface area contributed by atoms with Crippen molar-refractivity contribution < 1.29 is 13.9 Å². The molecule has 0 bridgehead atoms. The maximum Gasteiger partial charge on any atom is 0.347 e. The van der Waals surface area contributed by atoms with Gasteiger partial charge in [0, 0.05) is 18.5 Å². The van der Waals surface area contributed by atoms with Crippen LogP contribution < -0.4 is 10.4 Å². The van der Waals surface area contributed by atoms with Gasteiger partial charge in [0.25, 0.3) is 0 Å². The fraction of sp³-hybridized carbons (Fsp3) is 0.200. The molecule has 2 aromatic carbocycles. The number of halogens is 2. The molecule has 0 aliphatic carbocycles.